The Labute approximate surface area is 387 Å². The number of rotatable bonds is 53. The van der Waals surface area contributed by atoms with Crippen LogP contribution in [0.25, 0.3) is 0 Å². The molecule has 3 N–H and O–H groups in total. The van der Waals surface area contributed by atoms with Crippen LogP contribution in [0.1, 0.15) is 322 Å². The van der Waals surface area contributed by atoms with Gasteiger partial charge in [0.15, 0.2) is 0 Å². The van der Waals surface area contributed by atoms with Crippen LogP contribution in [-0.2, 0) is 14.3 Å². The first-order valence-corrected chi connectivity index (χ1v) is 28.3. The molecular weight excluding hydrogens is 767 g/mol. The van der Waals surface area contributed by atoms with Crippen LogP contribution in [0.5, 0.6) is 0 Å². The predicted octanol–water partition coefficient (Wildman–Crippen LogP) is 17.1. The molecule has 0 rings (SSSR count). The van der Waals surface area contributed by atoms with Crippen molar-refractivity contribution in [3.05, 3.63) is 0 Å². The summed E-state index contributed by atoms with van der Waals surface area (Å²) in [5, 5.41) is 23.2. The molecule has 0 bridgehead atoms. The van der Waals surface area contributed by atoms with Crippen molar-refractivity contribution >= 4 is 11.9 Å². The molecule has 0 aromatic heterocycles. The molecule has 2 atom stereocenters. The number of nitrogens with one attached hydrogen (secondary N) is 1. The van der Waals surface area contributed by atoms with E-state index in [9.17, 15) is 19.8 Å². The number of carbonyl (C=O) groups excluding carboxylic acids is 2. The van der Waals surface area contributed by atoms with Crippen LogP contribution in [0, 0.1) is 0 Å². The summed E-state index contributed by atoms with van der Waals surface area (Å²) in [5.41, 5.74) is 0. The molecule has 0 aromatic rings. The van der Waals surface area contributed by atoms with E-state index in [1.165, 1.54) is 250 Å². The molecule has 0 saturated heterocycles. The maximum absolute atomic E-state index is 12.4. The van der Waals surface area contributed by atoms with Gasteiger partial charge >= 0.3 is 5.97 Å². The molecule has 0 aliphatic heterocycles. The van der Waals surface area contributed by atoms with Crippen molar-refractivity contribution in [2.24, 2.45) is 0 Å². The van der Waals surface area contributed by atoms with Crippen molar-refractivity contribution in [2.75, 3.05) is 13.2 Å². The Hall–Kier alpha value is -1.14. The summed E-state index contributed by atoms with van der Waals surface area (Å²) in [6.07, 6.45) is 59.4. The molecule has 0 aliphatic rings. The van der Waals surface area contributed by atoms with Crippen molar-refractivity contribution < 1.29 is 24.5 Å². The lowest BCUT2D eigenvalue weighted by Crippen LogP contribution is -2.45. The van der Waals surface area contributed by atoms with Crippen molar-refractivity contribution in [1.82, 2.24) is 5.32 Å². The minimum Gasteiger partial charge on any atom is -0.466 e. The fourth-order valence-corrected chi connectivity index (χ4v) is 9.05. The van der Waals surface area contributed by atoms with Gasteiger partial charge in [-0.25, -0.2) is 0 Å². The fourth-order valence-electron chi connectivity index (χ4n) is 9.05. The highest BCUT2D eigenvalue weighted by Crippen LogP contribution is 2.18. The zero-order valence-corrected chi connectivity index (χ0v) is 42.1. The maximum Gasteiger partial charge on any atom is 0.305 e. The summed E-state index contributed by atoms with van der Waals surface area (Å²) in [6.45, 7) is 4.96. The number of aliphatic hydroxyl groups is 2. The van der Waals surface area contributed by atoms with Gasteiger partial charge in [-0.15, -0.1) is 0 Å². The van der Waals surface area contributed by atoms with E-state index in [0.29, 0.717) is 25.9 Å². The second kappa shape index (κ2) is 52.5. The molecule has 6 heteroatoms. The number of carbonyl (C=O) groups is 2. The average molecular weight is 879 g/mol. The summed E-state index contributed by atoms with van der Waals surface area (Å²) in [7, 11) is 0. The second-order valence-corrected chi connectivity index (χ2v) is 19.6. The molecule has 62 heavy (non-hydrogen) atoms. The molecule has 1 amide bonds. The second-order valence-electron chi connectivity index (χ2n) is 19.6. The van der Waals surface area contributed by atoms with E-state index in [1.807, 2.05) is 0 Å². The predicted molar refractivity (Wildman–Crippen MR) is 269 cm³/mol. The molecule has 2 unspecified atom stereocenters. The van der Waals surface area contributed by atoms with Crippen molar-refractivity contribution in [1.29, 1.82) is 0 Å². The van der Waals surface area contributed by atoms with Crippen molar-refractivity contribution in [2.45, 2.75) is 334 Å². The third-order valence-electron chi connectivity index (χ3n) is 13.4. The standard InChI is InChI=1S/C56H111NO5/c1-3-5-7-9-11-13-15-24-28-32-36-40-44-48-54(59)53(52-58)57-55(60)49-45-41-37-33-29-26-22-20-18-17-19-21-23-27-31-35-39-43-47-51-62-56(61)50-46-42-38-34-30-25-16-14-12-10-8-6-4-2/h53-54,58-59H,3-52H2,1-2H3,(H,57,60). The first-order chi connectivity index (χ1) is 30.5. The Morgan fingerprint density at radius 2 is 0.661 bits per heavy atom. The number of esters is 1. The molecule has 0 saturated carbocycles. The molecule has 0 aliphatic carbocycles. The molecule has 0 aromatic carbocycles. The fraction of sp³-hybridized carbons (Fsp3) is 0.964. The molecule has 0 radical (unpaired) electrons. The van der Waals surface area contributed by atoms with Crippen LogP contribution in [0.3, 0.4) is 0 Å². The van der Waals surface area contributed by atoms with Gasteiger partial charge in [-0.05, 0) is 25.7 Å². The third kappa shape index (κ3) is 48.3. The molecular formula is C56H111NO5. The number of ether oxygens (including phenoxy) is 1. The van der Waals surface area contributed by atoms with Crippen LogP contribution in [-0.4, -0.2) is 47.4 Å². The summed E-state index contributed by atoms with van der Waals surface area (Å²) in [5.74, 6) is -0.0248. The van der Waals surface area contributed by atoms with E-state index in [-0.39, 0.29) is 18.5 Å². The van der Waals surface area contributed by atoms with Crippen molar-refractivity contribution in [3.8, 4) is 0 Å². The van der Waals surface area contributed by atoms with Crippen LogP contribution >= 0.6 is 0 Å². The number of unbranched alkanes of at least 4 members (excludes halogenated alkanes) is 42. The Morgan fingerprint density at radius 1 is 0.387 bits per heavy atom. The van der Waals surface area contributed by atoms with E-state index >= 15 is 0 Å². The van der Waals surface area contributed by atoms with Gasteiger partial charge in [0.2, 0.25) is 5.91 Å². The number of hydrogen-bond donors (Lipinski definition) is 3. The van der Waals surface area contributed by atoms with E-state index < -0.39 is 12.1 Å². The highest BCUT2D eigenvalue weighted by atomic mass is 16.5. The molecule has 0 fully saturated rings. The summed E-state index contributed by atoms with van der Waals surface area (Å²) < 4.78 is 5.47. The van der Waals surface area contributed by atoms with Gasteiger partial charge in [-0.2, -0.15) is 0 Å². The van der Waals surface area contributed by atoms with Crippen LogP contribution < -0.4 is 5.32 Å². The highest BCUT2D eigenvalue weighted by Gasteiger charge is 2.20. The van der Waals surface area contributed by atoms with Crippen LogP contribution in [0.15, 0.2) is 0 Å². The van der Waals surface area contributed by atoms with Crippen LogP contribution in [0.2, 0.25) is 0 Å². The number of amides is 1. The first kappa shape index (κ1) is 60.9. The van der Waals surface area contributed by atoms with Crippen molar-refractivity contribution in [3.63, 3.8) is 0 Å². The summed E-state index contributed by atoms with van der Waals surface area (Å²) >= 11 is 0. The zero-order valence-electron chi connectivity index (χ0n) is 42.1. The normalized spacial score (nSPS) is 12.5. The van der Waals surface area contributed by atoms with Gasteiger partial charge in [-0.3, -0.25) is 9.59 Å². The SMILES string of the molecule is CCCCCCCCCCCCCCCC(=O)OCCCCCCCCCCCCCCCCCCCCCC(=O)NC(CO)C(O)CCCCCCCCCCCCCCC. The third-order valence-corrected chi connectivity index (χ3v) is 13.4. The first-order valence-electron chi connectivity index (χ1n) is 28.3. The minimum absolute atomic E-state index is 0.0113. The Bertz CT molecular complexity index is 882. The number of aliphatic hydroxyl groups excluding tert-OH is 2. The smallest absolute Gasteiger partial charge is 0.305 e. The lowest BCUT2D eigenvalue weighted by molar-refractivity contribution is -0.143. The molecule has 370 valence electrons. The lowest BCUT2D eigenvalue weighted by atomic mass is 10.0. The zero-order chi connectivity index (χ0) is 45.1. The quantitative estimate of drug-likeness (QED) is 0.0418. The van der Waals surface area contributed by atoms with E-state index in [2.05, 4.69) is 19.2 Å². The van der Waals surface area contributed by atoms with Gasteiger partial charge in [0, 0.05) is 12.8 Å². The van der Waals surface area contributed by atoms with Gasteiger partial charge in [0.25, 0.3) is 0 Å². The van der Waals surface area contributed by atoms with Gasteiger partial charge < -0.3 is 20.3 Å². The Balaban J connectivity index is 3.38. The topological polar surface area (TPSA) is 95.9 Å². The van der Waals surface area contributed by atoms with Crippen LogP contribution in [0.4, 0.5) is 0 Å². The molecule has 0 heterocycles. The monoisotopic (exact) mass is 878 g/mol. The minimum atomic E-state index is -0.664. The maximum atomic E-state index is 12.4. The highest BCUT2D eigenvalue weighted by molar-refractivity contribution is 5.76. The van der Waals surface area contributed by atoms with Gasteiger partial charge in [0.05, 0.1) is 25.4 Å². The Kier molecular flexibility index (Phi) is 51.5. The number of hydrogen-bond acceptors (Lipinski definition) is 5. The Morgan fingerprint density at radius 3 is 0.984 bits per heavy atom. The largest absolute Gasteiger partial charge is 0.466 e. The van der Waals surface area contributed by atoms with E-state index in [1.54, 1.807) is 0 Å². The molecule has 6 nitrogen and oxygen atoms in total. The summed E-state index contributed by atoms with van der Waals surface area (Å²) in [6, 6.07) is -0.541. The lowest BCUT2D eigenvalue weighted by Gasteiger charge is -2.22. The van der Waals surface area contributed by atoms with Gasteiger partial charge in [0.1, 0.15) is 0 Å². The van der Waals surface area contributed by atoms with Gasteiger partial charge in [-0.1, -0.05) is 284 Å². The van der Waals surface area contributed by atoms with E-state index in [0.717, 1.165) is 38.5 Å². The average Bonchev–Trinajstić information content (AvgIpc) is 3.27. The van der Waals surface area contributed by atoms with E-state index in [4.69, 9.17) is 4.74 Å². The molecule has 0 spiro atoms. The summed E-state index contributed by atoms with van der Waals surface area (Å²) in [4.78, 5) is 24.5.